The second-order valence-electron chi connectivity index (χ2n) is 4.45. The maximum absolute atomic E-state index is 12.2. The van der Waals surface area contributed by atoms with Gasteiger partial charge in [0, 0.05) is 26.2 Å². The zero-order chi connectivity index (χ0) is 13.7. The summed E-state index contributed by atoms with van der Waals surface area (Å²) >= 11 is 0. The number of carbonyl (C=O) groups is 2. The Morgan fingerprint density at radius 2 is 2.05 bits per heavy atom. The molecule has 0 radical (unpaired) electrons. The molecule has 0 saturated carbocycles. The van der Waals surface area contributed by atoms with Crippen LogP contribution in [0.5, 0.6) is 0 Å². The van der Waals surface area contributed by atoms with Crippen LogP contribution in [0.15, 0.2) is 18.5 Å². The van der Waals surface area contributed by atoms with Gasteiger partial charge in [-0.3, -0.25) is 14.5 Å². The van der Waals surface area contributed by atoms with Crippen molar-refractivity contribution in [2.24, 2.45) is 0 Å². The average molecular weight is 264 g/mol. The molecule has 7 nitrogen and oxygen atoms in total. The van der Waals surface area contributed by atoms with Crippen LogP contribution >= 0.6 is 0 Å². The third-order valence-electron chi connectivity index (χ3n) is 3.07. The Bertz CT molecular complexity index is 452. The molecule has 1 amide bonds. The third-order valence-corrected chi connectivity index (χ3v) is 3.07. The summed E-state index contributed by atoms with van der Waals surface area (Å²) in [7, 11) is 0. The zero-order valence-electron chi connectivity index (χ0n) is 10.5. The van der Waals surface area contributed by atoms with Crippen LogP contribution in [0.3, 0.4) is 0 Å². The van der Waals surface area contributed by atoms with E-state index in [1.807, 2.05) is 4.90 Å². The number of amides is 1. The van der Waals surface area contributed by atoms with Gasteiger partial charge in [-0.15, -0.1) is 0 Å². The molecule has 0 unspecified atom stereocenters. The van der Waals surface area contributed by atoms with Crippen LogP contribution in [-0.4, -0.2) is 69.7 Å². The lowest BCUT2D eigenvalue weighted by molar-refractivity contribution is -0.138. The number of carboxylic acid groups (broad SMARTS) is 1. The molecular weight excluding hydrogens is 248 g/mol. The summed E-state index contributed by atoms with van der Waals surface area (Å²) in [6.07, 6.45) is 3.71. The highest BCUT2D eigenvalue weighted by atomic mass is 16.4. The number of hydrogen-bond donors (Lipinski definition) is 1. The van der Waals surface area contributed by atoms with E-state index in [4.69, 9.17) is 5.11 Å². The smallest absolute Gasteiger partial charge is 0.317 e. The van der Waals surface area contributed by atoms with Crippen LogP contribution in [0.1, 0.15) is 16.8 Å². The molecule has 1 aromatic rings. The summed E-state index contributed by atoms with van der Waals surface area (Å²) in [4.78, 5) is 26.5. The van der Waals surface area contributed by atoms with Crippen LogP contribution in [0.25, 0.3) is 0 Å². The first kappa shape index (κ1) is 13.4. The predicted molar refractivity (Wildman–Crippen MR) is 66.6 cm³/mol. The maximum atomic E-state index is 12.2. The molecule has 1 aromatic heterocycles. The standard InChI is InChI=1S/C12H16N4O3/c17-11(18)9-15-4-1-5-16(7-6-15)12(19)10-2-3-13-14-8-10/h2-3,8H,1,4-7,9H2,(H,17,18). The Morgan fingerprint density at radius 1 is 1.21 bits per heavy atom. The Labute approximate surface area is 110 Å². The van der Waals surface area contributed by atoms with Crippen molar-refractivity contribution in [2.45, 2.75) is 6.42 Å². The molecule has 102 valence electrons. The van der Waals surface area contributed by atoms with Gasteiger partial charge in [-0.05, 0) is 12.5 Å². The summed E-state index contributed by atoms with van der Waals surface area (Å²) < 4.78 is 0. The average Bonchev–Trinajstić information content (AvgIpc) is 2.64. The number of hydrogen-bond acceptors (Lipinski definition) is 5. The number of aromatic nitrogens is 2. The summed E-state index contributed by atoms with van der Waals surface area (Å²) in [6.45, 7) is 2.48. The van der Waals surface area contributed by atoms with Crippen LogP contribution in [0, 0.1) is 0 Å². The van der Waals surface area contributed by atoms with Gasteiger partial charge >= 0.3 is 5.97 Å². The van der Waals surface area contributed by atoms with Gasteiger partial charge in [0.2, 0.25) is 0 Å². The first-order chi connectivity index (χ1) is 9.16. The molecule has 19 heavy (non-hydrogen) atoms. The summed E-state index contributed by atoms with van der Waals surface area (Å²) in [6, 6.07) is 1.63. The van der Waals surface area contributed by atoms with Gasteiger partial charge < -0.3 is 10.0 Å². The SMILES string of the molecule is O=C(O)CN1CCCN(C(=O)c2ccnnc2)CC1. The number of nitrogens with zero attached hydrogens (tertiary/aromatic N) is 4. The highest BCUT2D eigenvalue weighted by Gasteiger charge is 2.21. The second kappa shape index (κ2) is 6.24. The Kier molecular flexibility index (Phi) is 4.40. The summed E-state index contributed by atoms with van der Waals surface area (Å²) in [5.74, 6) is -0.912. The lowest BCUT2D eigenvalue weighted by Crippen LogP contribution is -2.36. The molecule has 1 fully saturated rings. The van der Waals surface area contributed by atoms with Gasteiger partial charge in [0.25, 0.3) is 5.91 Å². The lowest BCUT2D eigenvalue weighted by Gasteiger charge is -2.20. The second-order valence-corrected chi connectivity index (χ2v) is 4.45. The molecule has 0 aromatic carbocycles. The van der Waals surface area contributed by atoms with E-state index in [-0.39, 0.29) is 12.5 Å². The zero-order valence-corrected chi connectivity index (χ0v) is 10.5. The number of rotatable bonds is 3. The van der Waals surface area contributed by atoms with Gasteiger partial charge in [-0.25, -0.2) is 0 Å². The Balaban J connectivity index is 1.96. The van der Waals surface area contributed by atoms with Crippen molar-refractivity contribution >= 4 is 11.9 Å². The van der Waals surface area contributed by atoms with E-state index in [0.29, 0.717) is 31.7 Å². The molecule has 2 rings (SSSR count). The van der Waals surface area contributed by atoms with E-state index < -0.39 is 5.97 Å². The van der Waals surface area contributed by atoms with Gasteiger partial charge in [0.1, 0.15) is 0 Å². The highest BCUT2D eigenvalue weighted by molar-refractivity contribution is 5.93. The molecule has 0 bridgehead atoms. The van der Waals surface area contributed by atoms with Crippen LogP contribution < -0.4 is 0 Å². The van der Waals surface area contributed by atoms with Gasteiger partial charge in [-0.1, -0.05) is 0 Å². The fourth-order valence-corrected chi connectivity index (χ4v) is 2.12. The van der Waals surface area contributed by atoms with Crippen molar-refractivity contribution in [1.82, 2.24) is 20.0 Å². The van der Waals surface area contributed by atoms with Crippen molar-refractivity contribution < 1.29 is 14.7 Å². The van der Waals surface area contributed by atoms with E-state index in [2.05, 4.69) is 10.2 Å². The summed E-state index contributed by atoms with van der Waals surface area (Å²) in [5, 5.41) is 16.1. The van der Waals surface area contributed by atoms with Crippen molar-refractivity contribution in [3.63, 3.8) is 0 Å². The molecule has 1 aliphatic rings. The van der Waals surface area contributed by atoms with E-state index in [0.717, 1.165) is 6.42 Å². The Hall–Kier alpha value is -2.02. The van der Waals surface area contributed by atoms with E-state index in [9.17, 15) is 9.59 Å². The van der Waals surface area contributed by atoms with E-state index >= 15 is 0 Å². The fourth-order valence-electron chi connectivity index (χ4n) is 2.12. The summed E-state index contributed by atoms with van der Waals surface area (Å²) in [5.41, 5.74) is 0.515. The van der Waals surface area contributed by atoms with E-state index in [1.54, 1.807) is 11.0 Å². The minimum absolute atomic E-state index is 0.0266. The Morgan fingerprint density at radius 3 is 2.74 bits per heavy atom. The molecule has 1 N–H and O–H groups in total. The largest absolute Gasteiger partial charge is 0.480 e. The minimum atomic E-state index is -0.835. The molecule has 0 atom stereocenters. The third kappa shape index (κ3) is 3.72. The molecule has 7 heteroatoms. The van der Waals surface area contributed by atoms with Crippen LogP contribution in [0.4, 0.5) is 0 Å². The van der Waals surface area contributed by atoms with Gasteiger partial charge in [0.15, 0.2) is 0 Å². The topological polar surface area (TPSA) is 86.6 Å². The number of aliphatic carboxylic acids is 1. The normalized spacial score (nSPS) is 16.9. The van der Waals surface area contributed by atoms with Gasteiger partial charge in [-0.2, -0.15) is 10.2 Å². The van der Waals surface area contributed by atoms with Crippen molar-refractivity contribution in [3.8, 4) is 0 Å². The van der Waals surface area contributed by atoms with Gasteiger partial charge in [0.05, 0.1) is 24.5 Å². The monoisotopic (exact) mass is 264 g/mol. The van der Waals surface area contributed by atoms with Crippen molar-refractivity contribution in [2.75, 3.05) is 32.7 Å². The predicted octanol–water partition coefficient (Wildman–Crippen LogP) is -0.291. The first-order valence-corrected chi connectivity index (χ1v) is 6.17. The molecule has 1 saturated heterocycles. The number of carboxylic acids is 1. The lowest BCUT2D eigenvalue weighted by atomic mass is 10.2. The maximum Gasteiger partial charge on any atom is 0.317 e. The molecule has 0 aliphatic carbocycles. The van der Waals surface area contributed by atoms with Crippen LogP contribution in [0.2, 0.25) is 0 Å². The van der Waals surface area contributed by atoms with Crippen molar-refractivity contribution in [3.05, 3.63) is 24.0 Å². The molecular formula is C12H16N4O3. The first-order valence-electron chi connectivity index (χ1n) is 6.17. The fraction of sp³-hybridized carbons (Fsp3) is 0.500. The number of carbonyl (C=O) groups excluding carboxylic acids is 1. The molecule has 2 heterocycles. The van der Waals surface area contributed by atoms with Crippen LogP contribution in [-0.2, 0) is 4.79 Å². The quantitative estimate of drug-likeness (QED) is 0.807. The van der Waals surface area contributed by atoms with E-state index in [1.165, 1.54) is 12.4 Å². The molecule has 1 aliphatic heterocycles. The van der Waals surface area contributed by atoms with Crippen molar-refractivity contribution in [1.29, 1.82) is 0 Å². The highest BCUT2D eigenvalue weighted by Crippen LogP contribution is 2.07. The minimum Gasteiger partial charge on any atom is -0.480 e. The molecule has 0 spiro atoms.